The maximum atomic E-state index is 10.2. The van der Waals surface area contributed by atoms with Gasteiger partial charge in [0, 0.05) is 6.54 Å². The lowest BCUT2D eigenvalue weighted by molar-refractivity contribution is -0.0491. The third kappa shape index (κ3) is 5.94. The van der Waals surface area contributed by atoms with Crippen LogP contribution in [0, 0.1) is 18.3 Å². The molecule has 0 aliphatic carbocycles. The van der Waals surface area contributed by atoms with E-state index in [-0.39, 0.29) is 0 Å². The highest BCUT2D eigenvalue weighted by Crippen LogP contribution is 2.22. The first-order valence-electron chi connectivity index (χ1n) is 9.10. The monoisotopic (exact) mass is 329 g/mol. The summed E-state index contributed by atoms with van der Waals surface area (Å²) < 4.78 is 5.72. The summed E-state index contributed by atoms with van der Waals surface area (Å²) >= 11 is 0. The molecule has 132 valence electrons. The number of ether oxygens (including phenoxy) is 1. The molecule has 1 aliphatic heterocycles. The van der Waals surface area contributed by atoms with Gasteiger partial charge in [-0.05, 0) is 57.2 Å². The van der Waals surface area contributed by atoms with Gasteiger partial charge in [0.25, 0.3) is 0 Å². The SMILES string of the molecule is C#C[C@@](C)(CC)OC[C@H](O)CN1CCC(Cc2ccccc2)CC1. The molecule has 1 fully saturated rings. The zero-order valence-electron chi connectivity index (χ0n) is 15.1. The van der Waals surface area contributed by atoms with E-state index in [4.69, 9.17) is 11.2 Å². The van der Waals surface area contributed by atoms with Crippen molar-refractivity contribution in [2.24, 2.45) is 5.92 Å². The second-order valence-electron chi connectivity index (χ2n) is 7.13. The number of nitrogens with zero attached hydrogens (tertiary/aromatic N) is 1. The fourth-order valence-corrected chi connectivity index (χ4v) is 3.20. The van der Waals surface area contributed by atoms with Crippen molar-refractivity contribution in [3.8, 4) is 12.3 Å². The van der Waals surface area contributed by atoms with E-state index in [9.17, 15) is 5.11 Å². The van der Waals surface area contributed by atoms with Crippen LogP contribution in [0.25, 0.3) is 0 Å². The molecule has 0 amide bonds. The summed E-state index contributed by atoms with van der Waals surface area (Å²) in [5.74, 6) is 3.42. The van der Waals surface area contributed by atoms with Gasteiger partial charge in [-0.2, -0.15) is 0 Å². The number of benzene rings is 1. The molecule has 3 nitrogen and oxygen atoms in total. The molecule has 0 bridgehead atoms. The van der Waals surface area contributed by atoms with Crippen LogP contribution >= 0.6 is 0 Å². The number of rotatable bonds is 8. The molecule has 0 radical (unpaired) electrons. The van der Waals surface area contributed by atoms with E-state index in [1.54, 1.807) is 0 Å². The van der Waals surface area contributed by atoms with Crippen molar-refractivity contribution in [2.45, 2.75) is 51.2 Å². The van der Waals surface area contributed by atoms with Gasteiger partial charge in [0.15, 0.2) is 0 Å². The zero-order chi connectivity index (χ0) is 17.4. The van der Waals surface area contributed by atoms with E-state index >= 15 is 0 Å². The predicted octanol–water partition coefficient (Wildman–Crippen LogP) is 3.12. The number of aliphatic hydroxyl groups excluding tert-OH is 1. The van der Waals surface area contributed by atoms with Crippen molar-refractivity contribution in [3.05, 3.63) is 35.9 Å². The van der Waals surface area contributed by atoms with E-state index in [2.05, 4.69) is 41.2 Å². The lowest BCUT2D eigenvalue weighted by atomic mass is 9.90. The minimum Gasteiger partial charge on any atom is -0.389 e. The van der Waals surface area contributed by atoms with Crippen LogP contribution in [-0.4, -0.2) is 48.0 Å². The Kier molecular flexibility index (Phi) is 7.30. The molecule has 1 heterocycles. The molecule has 1 aliphatic rings. The number of hydrogen-bond donors (Lipinski definition) is 1. The zero-order valence-corrected chi connectivity index (χ0v) is 15.1. The third-order valence-corrected chi connectivity index (χ3v) is 5.12. The second kappa shape index (κ2) is 9.22. The molecule has 24 heavy (non-hydrogen) atoms. The van der Waals surface area contributed by atoms with E-state index in [0.29, 0.717) is 13.2 Å². The first-order valence-corrected chi connectivity index (χ1v) is 9.10. The Hall–Kier alpha value is -1.34. The first-order chi connectivity index (χ1) is 11.5. The Morgan fingerprint density at radius 1 is 1.33 bits per heavy atom. The molecule has 0 aromatic heterocycles. The Balaban J connectivity index is 1.68. The molecule has 1 aromatic carbocycles. The Bertz CT molecular complexity index is 516. The molecule has 0 unspecified atom stereocenters. The molecular formula is C21H31NO2. The largest absolute Gasteiger partial charge is 0.389 e. The number of hydrogen-bond acceptors (Lipinski definition) is 3. The van der Waals surface area contributed by atoms with Gasteiger partial charge in [-0.1, -0.05) is 43.2 Å². The summed E-state index contributed by atoms with van der Waals surface area (Å²) in [6.07, 6.45) is 9.33. The third-order valence-electron chi connectivity index (χ3n) is 5.12. The van der Waals surface area contributed by atoms with E-state index in [1.165, 1.54) is 18.4 Å². The van der Waals surface area contributed by atoms with Crippen LogP contribution in [0.1, 0.15) is 38.7 Å². The maximum Gasteiger partial charge on any atom is 0.125 e. The van der Waals surface area contributed by atoms with E-state index < -0.39 is 11.7 Å². The van der Waals surface area contributed by atoms with Crippen molar-refractivity contribution in [3.63, 3.8) is 0 Å². The standard InChI is InChI=1S/C21H31NO2/c1-4-21(3,5-2)24-17-20(23)16-22-13-11-19(12-14-22)15-18-9-7-6-8-10-18/h1,6-10,19-20,23H,5,11-17H2,2-3H3/t20-,21+/m1/s1. The highest BCUT2D eigenvalue weighted by molar-refractivity contribution is 5.15. The van der Waals surface area contributed by atoms with Crippen molar-refractivity contribution < 1.29 is 9.84 Å². The highest BCUT2D eigenvalue weighted by atomic mass is 16.5. The number of likely N-dealkylation sites (tertiary alicyclic amines) is 1. The second-order valence-corrected chi connectivity index (χ2v) is 7.13. The minimum atomic E-state index is -0.566. The fraction of sp³-hybridized carbons (Fsp3) is 0.619. The average molecular weight is 329 g/mol. The number of β-amino-alcohol motifs (C(OH)–C–C–N with tert-alkyl or cyclic N) is 1. The highest BCUT2D eigenvalue weighted by Gasteiger charge is 2.24. The van der Waals surface area contributed by atoms with Gasteiger partial charge < -0.3 is 14.7 Å². The topological polar surface area (TPSA) is 32.7 Å². The normalized spacial score (nSPS) is 20.2. The number of terminal acetylenes is 1. The molecule has 1 aromatic rings. The summed E-state index contributed by atoms with van der Waals surface area (Å²) in [4.78, 5) is 2.34. The predicted molar refractivity (Wildman–Crippen MR) is 98.8 cm³/mol. The van der Waals surface area contributed by atoms with E-state index in [1.807, 2.05) is 13.8 Å². The molecule has 3 heteroatoms. The molecular weight excluding hydrogens is 298 g/mol. The molecule has 2 rings (SSSR count). The van der Waals surface area contributed by atoms with Gasteiger partial charge in [0.2, 0.25) is 0 Å². The summed E-state index contributed by atoms with van der Waals surface area (Å²) in [5.41, 5.74) is 0.862. The van der Waals surface area contributed by atoms with Crippen LogP contribution in [0.4, 0.5) is 0 Å². The number of aliphatic hydroxyl groups is 1. The van der Waals surface area contributed by atoms with Gasteiger partial charge in [0.05, 0.1) is 12.7 Å². The van der Waals surface area contributed by atoms with Gasteiger partial charge >= 0.3 is 0 Å². The number of piperidine rings is 1. The lowest BCUT2D eigenvalue weighted by Crippen LogP contribution is -2.41. The Labute approximate surface area is 147 Å². The van der Waals surface area contributed by atoms with E-state index in [0.717, 1.165) is 31.8 Å². The smallest absolute Gasteiger partial charge is 0.125 e. The summed E-state index contributed by atoms with van der Waals surface area (Å²) in [7, 11) is 0. The molecule has 1 saturated heterocycles. The fourth-order valence-electron chi connectivity index (χ4n) is 3.20. The van der Waals surface area contributed by atoms with Crippen LogP contribution in [0.3, 0.4) is 0 Å². The average Bonchev–Trinajstić information content (AvgIpc) is 2.62. The van der Waals surface area contributed by atoms with Gasteiger partial charge in [-0.3, -0.25) is 0 Å². The molecule has 0 saturated carbocycles. The minimum absolute atomic E-state index is 0.304. The van der Waals surface area contributed by atoms with Gasteiger partial charge in [0.1, 0.15) is 5.60 Å². The maximum absolute atomic E-state index is 10.2. The summed E-state index contributed by atoms with van der Waals surface area (Å²) in [5, 5.41) is 10.2. The molecule has 2 atom stereocenters. The van der Waals surface area contributed by atoms with Crippen molar-refractivity contribution >= 4 is 0 Å². The van der Waals surface area contributed by atoms with Crippen molar-refractivity contribution in [2.75, 3.05) is 26.2 Å². The quantitative estimate of drug-likeness (QED) is 0.744. The summed E-state index contributed by atoms with van der Waals surface area (Å²) in [6.45, 7) is 6.98. The molecule has 0 spiro atoms. The van der Waals surface area contributed by atoms with Crippen molar-refractivity contribution in [1.29, 1.82) is 0 Å². The van der Waals surface area contributed by atoms with Crippen LogP contribution in [0.15, 0.2) is 30.3 Å². The van der Waals surface area contributed by atoms with Crippen LogP contribution in [-0.2, 0) is 11.2 Å². The first kappa shape index (κ1) is 19.0. The Morgan fingerprint density at radius 3 is 2.58 bits per heavy atom. The van der Waals surface area contributed by atoms with Crippen LogP contribution in [0.2, 0.25) is 0 Å². The van der Waals surface area contributed by atoms with Gasteiger partial charge in [-0.15, -0.1) is 6.42 Å². The molecule has 1 N–H and O–H groups in total. The van der Waals surface area contributed by atoms with Crippen LogP contribution < -0.4 is 0 Å². The van der Waals surface area contributed by atoms with Crippen LogP contribution in [0.5, 0.6) is 0 Å². The lowest BCUT2D eigenvalue weighted by Gasteiger charge is -2.33. The van der Waals surface area contributed by atoms with Gasteiger partial charge in [-0.25, -0.2) is 0 Å². The summed E-state index contributed by atoms with van der Waals surface area (Å²) in [6, 6.07) is 10.7. The Morgan fingerprint density at radius 2 is 2.00 bits per heavy atom. The van der Waals surface area contributed by atoms with Crippen molar-refractivity contribution in [1.82, 2.24) is 4.90 Å².